The topological polar surface area (TPSA) is 34.2 Å². The van der Waals surface area contributed by atoms with Crippen molar-refractivity contribution in [1.82, 2.24) is 20.0 Å². The van der Waals surface area contributed by atoms with Gasteiger partial charge in [-0.1, -0.05) is 63.2 Å². The van der Waals surface area contributed by atoms with Crippen molar-refractivity contribution < 1.29 is 9.13 Å². The zero-order valence-electron chi connectivity index (χ0n) is 30.8. The number of anilines is 1. The summed E-state index contributed by atoms with van der Waals surface area (Å²) in [5.74, 6) is 0.683. The summed E-state index contributed by atoms with van der Waals surface area (Å²) in [4.78, 5) is 9.40. The Hall–Kier alpha value is -3.78. The van der Waals surface area contributed by atoms with E-state index in [9.17, 15) is 0 Å². The third kappa shape index (κ3) is 8.39. The number of allylic oxidation sites excluding steroid dienone is 5. The molecule has 0 amide bonds. The quantitative estimate of drug-likeness (QED) is 0.267. The fourth-order valence-corrected chi connectivity index (χ4v) is 7.73. The van der Waals surface area contributed by atoms with E-state index in [1.54, 1.807) is 14.0 Å². The van der Waals surface area contributed by atoms with Crippen molar-refractivity contribution in [1.29, 1.82) is 0 Å². The van der Waals surface area contributed by atoms with E-state index in [-0.39, 0.29) is 5.83 Å². The predicted molar refractivity (Wildman–Crippen MR) is 208 cm³/mol. The van der Waals surface area contributed by atoms with Crippen LogP contribution in [0.15, 0.2) is 113 Å². The Morgan fingerprint density at radius 2 is 1.68 bits per heavy atom. The summed E-state index contributed by atoms with van der Waals surface area (Å²) in [5.41, 5.74) is 9.68. The molecule has 2 aromatic rings. The number of piperazine rings is 1. The van der Waals surface area contributed by atoms with Crippen LogP contribution in [0.4, 0.5) is 10.1 Å². The lowest BCUT2D eigenvalue weighted by Crippen LogP contribution is -2.46. The summed E-state index contributed by atoms with van der Waals surface area (Å²) in [6, 6.07) is 14.3. The molecule has 0 aromatic heterocycles. The number of likely N-dealkylation sites (tertiary alicyclic amines) is 1. The maximum Gasteiger partial charge on any atom is 0.120 e. The molecule has 2 fully saturated rings. The molecule has 6 nitrogen and oxygen atoms in total. The van der Waals surface area contributed by atoms with Gasteiger partial charge in [0.1, 0.15) is 11.6 Å². The Balaban J connectivity index is 0.00000239. The molecule has 0 aliphatic carbocycles. The van der Waals surface area contributed by atoms with Crippen molar-refractivity contribution in [2.45, 2.75) is 59.9 Å². The van der Waals surface area contributed by atoms with Gasteiger partial charge >= 0.3 is 0 Å². The standard InChI is InChI=1S/C40H49ClFN5O.C2H6/c1-6-35-28(2)37(30(4)43-16-19-44-17-8-7-9-18-44)27-47-38-15-12-33(41)24-32(38)25-36(40(35)47)39(29(3)42)46-22-20-45(21-23-46)26-31-10-13-34(48-5)14-11-31;1-2/h6,10-15,24,27,43H,2,4,7-9,16-23,25-26H2,1,3,5H3;1-2H3/b35-6-,39-29-;. The van der Waals surface area contributed by atoms with Gasteiger partial charge in [0.25, 0.3) is 0 Å². The normalized spacial score (nSPS) is 19.6. The average molecular weight is 700 g/mol. The molecular weight excluding hydrogens is 645 g/mol. The van der Waals surface area contributed by atoms with Gasteiger partial charge in [-0.2, -0.15) is 0 Å². The van der Waals surface area contributed by atoms with Gasteiger partial charge in [-0.05, 0) is 86.8 Å². The van der Waals surface area contributed by atoms with Crippen molar-refractivity contribution in [3.8, 4) is 5.75 Å². The SMILES string of the molecule is C=C(NCCN1CCCCC1)C1=CN2C(=C(C(=C(\C)F)/N3CCN(Cc4ccc(OC)cc4)CC3)Cc3cc(Cl)ccc32)/C(=C\C)C1=C.CC. The first-order chi connectivity index (χ1) is 24.3. The van der Waals surface area contributed by atoms with Crippen molar-refractivity contribution in [2.24, 2.45) is 0 Å². The molecule has 6 rings (SSSR count). The molecule has 2 saturated heterocycles. The lowest BCUT2D eigenvalue weighted by atomic mass is 9.83. The minimum Gasteiger partial charge on any atom is -0.497 e. The number of ether oxygens (including phenoxy) is 1. The van der Waals surface area contributed by atoms with Crippen molar-refractivity contribution in [2.75, 3.05) is 64.4 Å². The first-order valence-corrected chi connectivity index (χ1v) is 18.7. The second-order valence-electron chi connectivity index (χ2n) is 13.2. The zero-order valence-corrected chi connectivity index (χ0v) is 31.5. The first-order valence-electron chi connectivity index (χ1n) is 18.3. The zero-order chi connectivity index (χ0) is 35.8. The Kier molecular flexibility index (Phi) is 13.1. The van der Waals surface area contributed by atoms with Crippen LogP contribution in [-0.4, -0.2) is 74.2 Å². The molecule has 0 radical (unpaired) electrons. The molecule has 8 heteroatoms. The fraction of sp³-hybridized carbons (Fsp3) is 0.429. The Morgan fingerprint density at radius 3 is 2.32 bits per heavy atom. The molecule has 1 N–H and O–H groups in total. The number of methoxy groups -OCH3 is 1. The summed E-state index contributed by atoms with van der Waals surface area (Å²) < 4.78 is 21.3. The van der Waals surface area contributed by atoms with E-state index in [4.69, 9.17) is 16.3 Å². The molecule has 268 valence electrons. The van der Waals surface area contributed by atoms with Crippen LogP contribution in [-0.2, 0) is 13.0 Å². The van der Waals surface area contributed by atoms with E-state index in [1.807, 2.05) is 45.0 Å². The lowest BCUT2D eigenvalue weighted by molar-refractivity contribution is 0.151. The van der Waals surface area contributed by atoms with Crippen molar-refractivity contribution >= 4 is 17.3 Å². The summed E-state index contributed by atoms with van der Waals surface area (Å²) in [7, 11) is 1.69. The third-order valence-electron chi connectivity index (χ3n) is 10.1. The molecule has 0 atom stereocenters. The van der Waals surface area contributed by atoms with E-state index in [0.717, 1.165) is 110 Å². The monoisotopic (exact) mass is 699 g/mol. The number of nitrogens with one attached hydrogen (secondary N) is 1. The van der Waals surface area contributed by atoms with Gasteiger partial charge < -0.3 is 24.8 Å². The number of hydrogen-bond acceptors (Lipinski definition) is 6. The Labute approximate surface area is 304 Å². The van der Waals surface area contributed by atoms with Gasteiger partial charge in [0.15, 0.2) is 0 Å². The van der Waals surface area contributed by atoms with Crippen LogP contribution in [0.1, 0.15) is 58.1 Å². The molecule has 2 aromatic carbocycles. The molecule has 0 unspecified atom stereocenters. The molecule has 4 aliphatic rings. The number of rotatable bonds is 10. The smallest absolute Gasteiger partial charge is 0.120 e. The summed E-state index contributed by atoms with van der Waals surface area (Å²) in [6.07, 6.45) is 8.69. The second kappa shape index (κ2) is 17.4. The van der Waals surface area contributed by atoms with Gasteiger partial charge in [0.05, 0.1) is 18.5 Å². The van der Waals surface area contributed by atoms with Gasteiger partial charge in [0.2, 0.25) is 0 Å². The van der Waals surface area contributed by atoms with Gasteiger partial charge in [-0.3, -0.25) is 4.90 Å². The highest BCUT2D eigenvalue weighted by molar-refractivity contribution is 6.30. The van der Waals surface area contributed by atoms with Crippen molar-refractivity contribution in [3.63, 3.8) is 0 Å². The van der Waals surface area contributed by atoms with Crippen LogP contribution in [0.25, 0.3) is 0 Å². The molecule has 0 saturated carbocycles. The van der Waals surface area contributed by atoms with Crippen LogP contribution in [0.3, 0.4) is 0 Å². The van der Waals surface area contributed by atoms with Gasteiger partial charge in [-0.25, -0.2) is 4.39 Å². The number of fused-ring (bicyclic) bond motifs is 3. The first kappa shape index (κ1) is 37.5. The summed E-state index contributed by atoms with van der Waals surface area (Å²) in [5, 5.41) is 4.26. The van der Waals surface area contributed by atoms with Gasteiger partial charge in [-0.15, -0.1) is 0 Å². The number of halogens is 2. The average Bonchev–Trinajstić information content (AvgIpc) is 3.13. The molecule has 4 aliphatic heterocycles. The number of piperidine rings is 1. The van der Waals surface area contributed by atoms with E-state index < -0.39 is 0 Å². The van der Waals surface area contributed by atoms with Crippen LogP contribution in [0.2, 0.25) is 5.02 Å². The van der Waals surface area contributed by atoms with Gasteiger partial charge in [0, 0.05) is 91.6 Å². The second-order valence-corrected chi connectivity index (χ2v) is 13.6. The molecule has 4 heterocycles. The highest BCUT2D eigenvalue weighted by Gasteiger charge is 2.36. The molecule has 0 bridgehead atoms. The minimum atomic E-state index is -0.175. The van der Waals surface area contributed by atoms with Crippen LogP contribution >= 0.6 is 11.6 Å². The van der Waals surface area contributed by atoms with Crippen LogP contribution in [0.5, 0.6) is 5.75 Å². The summed E-state index contributed by atoms with van der Waals surface area (Å²) in [6.45, 7) is 24.8. The lowest BCUT2D eigenvalue weighted by Gasteiger charge is -2.43. The largest absolute Gasteiger partial charge is 0.497 e. The maximum absolute atomic E-state index is 15.9. The highest BCUT2D eigenvalue weighted by Crippen LogP contribution is 2.47. The molecule has 50 heavy (non-hydrogen) atoms. The Morgan fingerprint density at radius 1 is 0.980 bits per heavy atom. The van der Waals surface area contributed by atoms with E-state index in [0.29, 0.717) is 17.1 Å². The molecule has 0 spiro atoms. The maximum atomic E-state index is 15.9. The van der Waals surface area contributed by atoms with E-state index >= 15 is 4.39 Å². The van der Waals surface area contributed by atoms with E-state index in [2.05, 4.69) is 68.5 Å². The Bertz CT molecular complexity index is 1660. The third-order valence-corrected chi connectivity index (χ3v) is 10.3. The van der Waals surface area contributed by atoms with Crippen molar-refractivity contribution in [3.05, 3.63) is 129 Å². The summed E-state index contributed by atoms with van der Waals surface area (Å²) >= 11 is 6.56. The number of benzene rings is 2. The number of nitrogens with zero attached hydrogens (tertiary/aromatic N) is 4. The fourth-order valence-electron chi connectivity index (χ4n) is 7.54. The van der Waals surface area contributed by atoms with Crippen LogP contribution < -0.4 is 15.0 Å². The number of hydrogen-bond donors (Lipinski definition) is 1. The van der Waals surface area contributed by atoms with E-state index in [1.165, 1.54) is 24.8 Å². The minimum absolute atomic E-state index is 0.175. The predicted octanol–water partition coefficient (Wildman–Crippen LogP) is 9.00. The molecular formula is C42H55ClFN5O. The van der Waals surface area contributed by atoms with Crippen LogP contribution in [0, 0.1) is 0 Å². The highest BCUT2D eigenvalue weighted by atomic mass is 35.5.